The predicted molar refractivity (Wildman–Crippen MR) is 106 cm³/mol. The van der Waals surface area contributed by atoms with E-state index in [9.17, 15) is 0 Å². The fraction of sp³-hybridized carbons (Fsp3) is 0.217. The normalized spacial score (nSPS) is 10.5. The quantitative estimate of drug-likeness (QED) is 0.567. The van der Waals surface area contributed by atoms with Gasteiger partial charge in [-0.15, -0.1) is 0 Å². The van der Waals surface area contributed by atoms with E-state index in [1.165, 1.54) is 16.7 Å². The lowest BCUT2D eigenvalue weighted by Crippen LogP contribution is -2.13. The van der Waals surface area contributed by atoms with Crippen LogP contribution in [0.4, 0.5) is 0 Å². The molecule has 3 aromatic rings. The molecular weight excluding hydrogens is 322 g/mol. The molecule has 0 saturated carbocycles. The summed E-state index contributed by atoms with van der Waals surface area (Å²) in [5.74, 6) is 1.74. The van der Waals surface area contributed by atoms with Gasteiger partial charge < -0.3 is 14.8 Å². The summed E-state index contributed by atoms with van der Waals surface area (Å²) in [5.41, 5.74) is 3.79. The number of ether oxygens (including phenoxy) is 2. The van der Waals surface area contributed by atoms with Gasteiger partial charge in [-0.3, -0.25) is 0 Å². The average molecular weight is 347 g/mol. The van der Waals surface area contributed by atoms with Crippen molar-refractivity contribution in [3.05, 3.63) is 95.6 Å². The molecule has 0 heterocycles. The molecule has 0 unspecified atom stereocenters. The SMILES string of the molecule is Cc1ccc(CNCc2cccc(OCCOc3ccccc3)c2)cc1. The highest BCUT2D eigenvalue weighted by Crippen LogP contribution is 2.14. The van der Waals surface area contributed by atoms with Crippen LogP contribution in [0.25, 0.3) is 0 Å². The third-order valence-corrected chi connectivity index (χ3v) is 4.04. The van der Waals surface area contributed by atoms with E-state index < -0.39 is 0 Å². The Balaban J connectivity index is 1.40. The van der Waals surface area contributed by atoms with Crippen LogP contribution >= 0.6 is 0 Å². The minimum absolute atomic E-state index is 0.523. The Morgan fingerprint density at radius 2 is 1.31 bits per heavy atom. The number of rotatable bonds is 9. The molecule has 3 aromatic carbocycles. The molecule has 0 aliphatic carbocycles. The highest BCUT2D eigenvalue weighted by molar-refractivity contribution is 5.29. The van der Waals surface area contributed by atoms with Crippen molar-refractivity contribution in [2.45, 2.75) is 20.0 Å². The molecule has 0 aliphatic rings. The highest BCUT2D eigenvalue weighted by atomic mass is 16.5. The summed E-state index contributed by atoms with van der Waals surface area (Å²) in [6.07, 6.45) is 0. The molecule has 134 valence electrons. The molecule has 1 N–H and O–H groups in total. The smallest absolute Gasteiger partial charge is 0.122 e. The zero-order valence-electron chi connectivity index (χ0n) is 15.2. The van der Waals surface area contributed by atoms with Gasteiger partial charge in [0.15, 0.2) is 0 Å². The lowest BCUT2D eigenvalue weighted by molar-refractivity contribution is 0.217. The lowest BCUT2D eigenvalue weighted by Gasteiger charge is -2.10. The second-order valence-corrected chi connectivity index (χ2v) is 6.25. The average Bonchev–Trinajstić information content (AvgIpc) is 2.68. The zero-order valence-corrected chi connectivity index (χ0v) is 15.2. The van der Waals surface area contributed by atoms with Crippen LogP contribution in [0.2, 0.25) is 0 Å². The number of aryl methyl sites for hydroxylation is 1. The largest absolute Gasteiger partial charge is 0.490 e. The van der Waals surface area contributed by atoms with E-state index >= 15 is 0 Å². The summed E-state index contributed by atoms with van der Waals surface area (Å²) in [4.78, 5) is 0. The van der Waals surface area contributed by atoms with E-state index in [1.54, 1.807) is 0 Å². The fourth-order valence-electron chi connectivity index (χ4n) is 2.64. The Kier molecular flexibility index (Phi) is 6.68. The van der Waals surface area contributed by atoms with Crippen LogP contribution in [0, 0.1) is 6.92 Å². The van der Waals surface area contributed by atoms with Crippen LogP contribution in [0.1, 0.15) is 16.7 Å². The summed E-state index contributed by atoms with van der Waals surface area (Å²) >= 11 is 0. The van der Waals surface area contributed by atoms with Crippen LogP contribution < -0.4 is 14.8 Å². The molecule has 0 fully saturated rings. The molecule has 3 nitrogen and oxygen atoms in total. The van der Waals surface area contributed by atoms with Gasteiger partial charge in [-0.1, -0.05) is 60.2 Å². The molecule has 26 heavy (non-hydrogen) atoms. The number of hydrogen-bond donors (Lipinski definition) is 1. The first-order valence-electron chi connectivity index (χ1n) is 8.95. The number of benzene rings is 3. The first kappa shape index (κ1) is 18.0. The van der Waals surface area contributed by atoms with Crippen molar-refractivity contribution in [1.82, 2.24) is 5.32 Å². The topological polar surface area (TPSA) is 30.5 Å². The van der Waals surface area contributed by atoms with Crippen molar-refractivity contribution in [3.8, 4) is 11.5 Å². The molecule has 0 aliphatic heterocycles. The van der Waals surface area contributed by atoms with E-state index in [2.05, 4.69) is 48.6 Å². The second kappa shape index (κ2) is 9.64. The summed E-state index contributed by atoms with van der Waals surface area (Å²) in [6, 6.07) is 26.6. The van der Waals surface area contributed by atoms with Crippen LogP contribution in [0.3, 0.4) is 0 Å². The van der Waals surface area contributed by atoms with Gasteiger partial charge in [0.1, 0.15) is 24.7 Å². The van der Waals surface area contributed by atoms with Crippen molar-refractivity contribution in [1.29, 1.82) is 0 Å². The Morgan fingerprint density at radius 3 is 2.08 bits per heavy atom. The van der Waals surface area contributed by atoms with Gasteiger partial charge >= 0.3 is 0 Å². The summed E-state index contributed by atoms with van der Waals surface area (Å²) in [6.45, 7) is 4.82. The lowest BCUT2D eigenvalue weighted by atomic mass is 10.1. The first-order valence-corrected chi connectivity index (χ1v) is 8.95. The fourth-order valence-corrected chi connectivity index (χ4v) is 2.64. The minimum atomic E-state index is 0.523. The molecule has 0 bridgehead atoms. The summed E-state index contributed by atoms with van der Waals surface area (Å²) < 4.78 is 11.4. The summed E-state index contributed by atoms with van der Waals surface area (Å²) in [5, 5.41) is 3.47. The molecule has 0 aromatic heterocycles. The Morgan fingerprint density at radius 1 is 0.654 bits per heavy atom. The first-order chi connectivity index (χ1) is 12.8. The van der Waals surface area contributed by atoms with E-state index in [-0.39, 0.29) is 0 Å². The molecule has 0 radical (unpaired) electrons. The third-order valence-electron chi connectivity index (χ3n) is 4.04. The van der Waals surface area contributed by atoms with Crippen LogP contribution in [-0.4, -0.2) is 13.2 Å². The van der Waals surface area contributed by atoms with Crippen molar-refractivity contribution in [2.75, 3.05) is 13.2 Å². The monoisotopic (exact) mass is 347 g/mol. The number of para-hydroxylation sites is 1. The second-order valence-electron chi connectivity index (χ2n) is 6.25. The van der Waals surface area contributed by atoms with Gasteiger partial charge in [-0.05, 0) is 42.3 Å². The molecule has 0 atom stereocenters. The van der Waals surface area contributed by atoms with E-state index in [4.69, 9.17) is 9.47 Å². The Bertz CT molecular complexity index is 785. The van der Waals surface area contributed by atoms with Crippen LogP contribution in [0.15, 0.2) is 78.9 Å². The van der Waals surface area contributed by atoms with Crippen LogP contribution in [0.5, 0.6) is 11.5 Å². The third kappa shape index (κ3) is 5.94. The van der Waals surface area contributed by atoms with Gasteiger partial charge in [-0.25, -0.2) is 0 Å². The zero-order chi connectivity index (χ0) is 18.0. The van der Waals surface area contributed by atoms with Gasteiger partial charge in [0.05, 0.1) is 0 Å². The highest BCUT2D eigenvalue weighted by Gasteiger charge is 1.99. The van der Waals surface area contributed by atoms with Gasteiger partial charge in [0.25, 0.3) is 0 Å². The number of nitrogens with one attached hydrogen (secondary N) is 1. The van der Waals surface area contributed by atoms with Crippen molar-refractivity contribution < 1.29 is 9.47 Å². The van der Waals surface area contributed by atoms with Crippen molar-refractivity contribution >= 4 is 0 Å². The number of hydrogen-bond acceptors (Lipinski definition) is 3. The van der Waals surface area contributed by atoms with E-state index in [0.717, 1.165) is 24.6 Å². The van der Waals surface area contributed by atoms with E-state index in [0.29, 0.717) is 13.2 Å². The minimum Gasteiger partial charge on any atom is -0.490 e. The standard InChI is InChI=1S/C23H25NO2/c1-19-10-12-20(13-11-19)17-24-18-21-6-5-9-23(16-21)26-15-14-25-22-7-3-2-4-8-22/h2-13,16,24H,14-15,17-18H2,1H3. The molecule has 0 amide bonds. The van der Waals surface area contributed by atoms with Crippen molar-refractivity contribution in [3.63, 3.8) is 0 Å². The molecule has 3 heteroatoms. The van der Waals surface area contributed by atoms with Gasteiger partial charge in [0.2, 0.25) is 0 Å². The van der Waals surface area contributed by atoms with Gasteiger partial charge in [0, 0.05) is 13.1 Å². The molecule has 0 spiro atoms. The molecule has 3 rings (SSSR count). The maximum Gasteiger partial charge on any atom is 0.122 e. The van der Waals surface area contributed by atoms with Crippen molar-refractivity contribution in [2.24, 2.45) is 0 Å². The molecular formula is C23H25NO2. The van der Waals surface area contributed by atoms with Gasteiger partial charge in [-0.2, -0.15) is 0 Å². The predicted octanol–water partition coefficient (Wildman–Crippen LogP) is 4.74. The maximum atomic E-state index is 5.79. The maximum absolute atomic E-state index is 5.79. The van der Waals surface area contributed by atoms with Crippen LogP contribution in [-0.2, 0) is 13.1 Å². The Hall–Kier alpha value is -2.78. The van der Waals surface area contributed by atoms with E-state index in [1.807, 2.05) is 42.5 Å². The molecule has 0 saturated heterocycles. The summed E-state index contributed by atoms with van der Waals surface area (Å²) in [7, 11) is 0. The Labute approximate surface area is 155 Å².